The van der Waals surface area contributed by atoms with E-state index in [9.17, 15) is 4.79 Å². The molecule has 7 heteroatoms. The van der Waals surface area contributed by atoms with Gasteiger partial charge in [-0.1, -0.05) is 11.3 Å². The van der Waals surface area contributed by atoms with Gasteiger partial charge in [0.2, 0.25) is 5.91 Å². The van der Waals surface area contributed by atoms with Crippen molar-refractivity contribution in [2.45, 2.75) is 32.5 Å². The molecule has 0 spiro atoms. The number of nitrogens with zero attached hydrogens (tertiary/aromatic N) is 4. The molecule has 1 amide bonds. The highest BCUT2D eigenvalue weighted by Gasteiger charge is 2.19. The molecule has 0 aliphatic heterocycles. The zero-order chi connectivity index (χ0) is 14.8. The average molecular weight is 293 g/mol. The third kappa shape index (κ3) is 3.64. The smallest absolute Gasteiger partial charge is 0.244 e. The number of amides is 1. The van der Waals surface area contributed by atoms with Crippen LogP contribution in [0.25, 0.3) is 0 Å². The number of nitrogens with two attached hydrogens (primary N) is 1. The van der Waals surface area contributed by atoms with E-state index in [1.165, 1.54) is 4.68 Å². The molecular weight excluding hydrogens is 274 g/mol. The molecule has 0 atom stereocenters. The molecule has 2 N–H and O–H groups in total. The van der Waals surface area contributed by atoms with Gasteiger partial charge in [0.15, 0.2) is 0 Å². The Morgan fingerprint density at radius 2 is 2.30 bits per heavy atom. The van der Waals surface area contributed by atoms with Crippen LogP contribution < -0.4 is 5.73 Å². The van der Waals surface area contributed by atoms with Crippen LogP contribution in [0.15, 0.2) is 23.7 Å². The third-order valence-corrected chi connectivity index (χ3v) is 3.76. The number of thiophene rings is 1. The first-order valence-electron chi connectivity index (χ1n) is 6.32. The Hall–Kier alpha value is -1.73. The van der Waals surface area contributed by atoms with Crippen LogP contribution >= 0.6 is 11.3 Å². The van der Waals surface area contributed by atoms with E-state index in [0.717, 1.165) is 4.88 Å². The molecule has 0 bridgehead atoms. The number of likely N-dealkylation sites (N-methyl/N-ethyl adjacent to an activating group) is 1. The van der Waals surface area contributed by atoms with E-state index in [-0.39, 0.29) is 12.5 Å². The number of hydrogen-bond acceptors (Lipinski definition) is 5. The molecule has 20 heavy (non-hydrogen) atoms. The summed E-state index contributed by atoms with van der Waals surface area (Å²) in [7, 11) is 1.78. The molecule has 2 aromatic heterocycles. The van der Waals surface area contributed by atoms with Gasteiger partial charge in [-0.3, -0.25) is 4.79 Å². The zero-order valence-corrected chi connectivity index (χ0v) is 12.7. The molecule has 0 aliphatic rings. The highest BCUT2D eigenvalue weighted by Crippen LogP contribution is 2.13. The molecule has 2 rings (SSSR count). The minimum atomic E-state index is -0.551. The number of aromatic nitrogens is 3. The van der Waals surface area contributed by atoms with Crippen LogP contribution in [0, 0.1) is 0 Å². The van der Waals surface area contributed by atoms with Gasteiger partial charge in [0.05, 0.1) is 18.3 Å². The molecule has 0 radical (unpaired) electrons. The Kier molecular flexibility index (Phi) is 4.20. The van der Waals surface area contributed by atoms with Gasteiger partial charge in [-0.05, 0) is 25.3 Å². The Balaban J connectivity index is 1.95. The Morgan fingerprint density at radius 1 is 1.55 bits per heavy atom. The lowest BCUT2D eigenvalue weighted by Gasteiger charge is -2.16. The first-order chi connectivity index (χ1) is 9.36. The molecule has 0 aromatic carbocycles. The number of rotatable bonds is 5. The largest absolute Gasteiger partial charge is 0.339 e. The van der Waals surface area contributed by atoms with Crippen LogP contribution in [0.5, 0.6) is 0 Å². The van der Waals surface area contributed by atoms with Crippen molar-refractivity contribution >= 4 is 17.2 Å². The summed E-state index contributed by atoms with van der Waals surface area (Å²) in [5.41, 5.74) is 6.06. The molecule has 2 heterocycles. The predicted molar refractivity (Wildman–Crippen MR) is 78.0 cm³/mol. The van der Waals surface area contributed by atoms with E-state index in [1.54, 1.807) is 29.5 Å². The molecule has 2 aromatic rings. The van der Waals surface area contributed by atoms with E-state index in [4.69, 9.17) is 5.73 Å². The van der Waals surface area contributed by atoms with Crippen molar-refractivity contribution in [3.05, 3.63) is 34.3 Å². The number of hydrogen-bond donors (Lipinski definition) is 1. The van der Waals surface area contributed by atoms with Gasteiger partial charge in [0.25, 0.3) is 0 Å². The SMILES string of the molecule is CN(Cc1cccs1)C(=O)Cn1cc(C(C)(C)N)nn1. The monoisotopic (exact) mass is 293 g/mol. The maximum absolute atomic E-state index is 12.1. The van der Waals surface area contributed by atoms with E-state index < -0.39 is 5.54 Å². The second kappa shape index (κ2) is 5.72. The number of carbonyl (C=O) groups excluding carboxylic acids is 1. The minimum absolute atomic E-state index is 0.00956. The van der Waals surface area contributed by atoms with E-state index >= 15 is 0 Å². The van der Waals surface area contributed by atoms with Crippen LogP contribution in [0.4, 0.5) is 0 Å². The van der Waals surface area contributed by atoms with Crippen LogP contribution in [0.1, 0.15) is 24.4 Å². The maximum Gasteiger partial charge on any atom is 0.244 e. The predicted octanol–water partition coefficient (Wildman–Crippen LogP) is 1.19. The normalized spacial score (nSPS) is 11.6. The van der Waals surface area contributed by atoms with E-state index in [2.05, 4.69) is 10.3 Å². The standard InChI is InChI=1S/C13H19N5OS/c1-13(2,14)11-8-18(16-15-11)9-12(19)17(3)7-10-5-4-6-20-10/h4-6,8H,7,9,14H2,1-3H3. The lowest BCUT2D eigenvalue weighted by atomic mass is 10.0. The van der Waals surface area contributed by atoms with Crippen molar-refractivity contribution in [2.24, 2.45) is 5.73 Å². The minimum Gasteiger partial charge on any atom is -0.339 e. The second-order valence-electron chi connectivity index (χ2n) is 5.35. The average Bonchev–Trinajstić information content (AvgIpc) is 2.98. The summed E-state index contributed by atoms with van der Waals surface area (Å²) >= 11 is 1.64. The van der Waals surface area contributed by atoms with Crippen molar-refractivity contribution < 1.29 is 4.79 Å². The maximum atomic E-state index is 12.1. The molecule has 0 fully saturated rings. The van der Waals surface area contributed by atoms with E-state index in [1.807, 2.05) is 31.4 Å². The topological polar surface area (TPSA) is 77.0 Å². The van der Waals surface area contributed by atoms with Gasteiger partial charge in [-0.15, -0.1) is 16.4 Å². The first kappa shape index (κ1) is 14.7. The Morgan fingerprint density at radius 3 is 2.85 bits per heavy atom. The van der Waals surface area contributed by atoms with Crippen molar-refractivity contribution in [3.63, 3.8) is 0 Å². The first-order valence-corrected chi connectivity index (χ1v) is 7.20. The van der Waals surface area contributed by atoms with Crippen molar-refractivity contribution in [1.29, 1.82) is 0 Å². The highest BCUT2D eigenvalue weighted by molar-refractivity contribution is 7.09. The van der Waals surface area contributed by atoms with Crippen LogP contribution in [0.3, 0.4) is 0 Å². The highest BCUT2D eigenvalue weighted by atomic mass is 32.1. The van der Waals surface area contributed by atoms with Gasteiger partial charge >= 0.3 is 0 Å². The molecule has 0 aliphatic carbocycles. The Labute approximate surface area is 122 Å². The summed E-state index contributed by atoms with van der Waals surface area (Å²) in [6, 6.07) is 3.99. The third-order valence-electron chi connectivity index (χ3n) is 2.89. The molecule has 6 nitrogen and oxygen atoms in total. The van der Waals surface area contributed by atoms with Crippen LogP contribution in [0.2, 0.25) is 0 Å². The molecular formula is C13H19N5OS. The lowest BCUT2D eigenvalue weighted by Crippen LogP contribution is -2.30. The fourth-order valence-electron chi connectivity index (χ4n) is 1.65. The van der Waals surface area contributed by atoms with Gasteiger partial charge in [-0.25, -0.2) is 4.68 Å². The zero-order valence-electron chi connectivity index (χ0n) is 11.9. The van der Waals surface area contributed by atoms with Gasteiger partial charge < -0.3 is 10.6 Å². The number of carbonyl (C=O) groups is 1. The summed E-state index contributed by atoms with van der Waals surface area (Å²) in [4.78, 5) is 14.9. The summed E-state index contributed by atoms with van der Waals surface area (Å²) in [6.45, 7) is 4.49. The molecule has 0 saturated heterocycles. The summed E-state index contributed by atoms with van der Waals surface area (Å²) in [5, 5.41) is 9.94. The van der Waals surface area contributed by atoms with Gasteiger partial charge in [0, 0.05) is 11.9 Å². The molecule has 0 saturated carbocycles. The molecule has 0 unspecified atom stereocenters. The van der Waals surface area contributed by atoms with E-state index in [0.29, 0.717) is 12.2 Å². The van der Waals surface area contributed by atoms with Gasteiger partial charge in [0.1, 0.15) is 12.2 Å². The van der Waals surface area contributed by atoms with Crippen molar-refractivity contribution in [1.82, 2.24) is 19.9 Å². The van der Waals surface area contributed by atoms with Crippen LogP contribution in [-0.4, -0.2) is 32.8 Å². The molecule has 108 valence electrons. The fourth-order valence-corrected chi connectivity index (χ4v) is 2.41. The second-order valence-corrected chi connectivity index (χ2v) is 6.38. The summed E-state index contributed by atoms with van der Waals surface area (Å²) in [5.74, 6) is -0.00956. The van der Waals surface area contributed by atoms with Crippen molar-refractivity contribution in [2.75, 3.05) is 7.05 Å². The van der Waals surface area contributed by atoms with Crippen molar-refractivity contribution in [3.8, 4) is 0 Å². The van der Waals surface area contributed by atoms with Gasteiger partial charge in [-0.2, -0.15) is 0 Å². The summed E-state index contributed by atoms with van der Waals surface area (Å²) in [6.07, 6.45) is 1.72. The summed E-state index contributed by atoms with van der Waals surface area (Å²) < 4.78 is 1.52. The fraction of sp³-hybridized carbons (Fsp3) is 0.462. The quantitative estimate of drug-likeness (QED) is 0.898. The van der Waals surface area contributed by atoms with Crippen LogP contribution in [-0.2, 0) is 23.4 Å². The lowest BCUT2D eigenvalue weighted by molar-refractivity contribution is -0.131. The Bertz CT molecular complexity index is 570.